The number of amides is 2. The third-order valence-electron chi connectivity index (χ3n) is 3.89. The van der Waals surface area contributed by atoms with Gasteiger partial charge in [-0.1, -0.05) is 32.6 Å². The van der Waals surface area contributed by atoms with E-state index < -0.39 is 0 Å². The lowest BCUT2D eigenvalue weighted by molar-refractivity contribution is -0.134. The van der Waals surface area contributed by atoms with Gasteiger partial charge in [0, 0.05) is 24.5 Å². The van der Waals surface area contributed by atoms with Crippen LogP contribution in [0.1, 0.15) is 51.9 Å². The van der Waals surface area contributed by atoms with Gasteiger partial charge in [-0.25, -0.2) is 4.98 Å². The molecular formula is C18H32N4O2S. The van der Waals surface area contributed by atoms with Gasteiger partial charge in [-0.15, -0.1) is 11.3 Å². The Hall–Kier alpha value is -1.47. The fraction of sp³-hybridized carbons (Fsp3) is 0.722. The summed E-state index contributed by atoms with van der Waals surface area (Å²) in [7, 11) is 4.02. The molecule has 25 heavy (non-hydrogen) atoms. The molecule has 0 aliphatic heterocycles. The number of rotatable bonds is 13. The first-order valence-electron chi connectivity index (χ1n) is 9.14. The van der Waals surface area contributed by atoms with Gasteiger partial charge in [0.2, 0.25) is 11.8 Å². The number of nitrogens with one attached hydrogen (secondary N) is 1. The van der Waals surface area contributed by atoms with Crippen LogP contribution in [0.4, 0.5) is 5.13 Å². The normalized spacial score (nSPS) is 10.9. The number of hydrogen-bond donors (Lipinski definition) is 1. The van der Waals surface area contributed by atoms with Gasteiger partial charge in [-0.05, 0) is 33.5 Å². The molecule has 1 heterocycles. The highest BCUT2D eigenvalue weighted by Gasteiger charge is 2.17. The highest BCUT2D eigenvalue weighted by atomic mass is 32.1. The van der Waals surface area contributed by atoms with E-state index in [0.717, 1.165) is 25.8 Å². The van der Waals surface area contributed by atoms with E-state index in [9.17, 15) is 9.59 Å². The molecule has 0 saturated heterocycles. The molecule has 0 radical (unpaired) electrons. The van der Waals surface area contributed by atoms with Crippen molar-refractivity contribution in [3.8, 4) is 0 Å². The minimum atomic E-state index is -0.181. The van der Waals surface area contributed by atoms with E-state index in [4.69, 9.17) is 0 Å². The molecule has 0 bridgehead atoms. The molecule has 6 nitrogen and oxygen atoms in total. The van der Waals surface area contributed by atoms with Crippen molar-refractivity contribution in [2.75, 3.05) is 39.0 Å². The van der Waals surface area contributed by atoms with Crippen LogP contribution in [-0.4, -0.2) is 60.3 Å². The molecule has 1 rings (SSSR count). The topological polar surface area (TPSA) is 65.5 Å². The highest BCUT2D eigenvalue weighted by Crippen LogP contribution is 2.11. The summed E-state index contributed by atoms with van der Waals surface area (Å²) in [4.78, 5) is 32.5. The Morgan fingerprint density at radius 2 is 1.88 bits per heavy atom. The van der Waals surface area contributed by atoms with Gasteiger partial charge in [0.25, 0.3) is 0 Å². The zero-order valence-electron chi connectivity index (χ0n) is 15.8. The van der Waals surface area contributed by atoms with Crippen molar-refractivity contribution < 1.29 is 9.59 Å². The summed E-state index contributed by atoms with van der Waals surface area (Å²) in [6.45, 7) is 3.78. The molecule has 0 aromatic carbocycles. The summed E-state index contributed by atoms with van der Waals surface area (Å²) < 4.78 is 0. The predicted octanol–water partition coefficient (Wildman–Crippen LogP) is 3.22. The van der Waals surface area contributed by atoms with Crippen molar-refractivity contribution in [2.24, 2.45) is 0 Å². The summed E-state index contributed by atoms with van der Waals surface area (Å²) in [5.41, 5.74) is 0. The number of unbranched alkanes of at least 4 members (excludes halogenated alkanes) is 4. The van der Waals surface area contributed by atoms with E-state index >= 15 is 0 Å². The van der Waals surface area contributed by atoms with Crippen LogP contribution in [-0.2, 0) is 9.59 Å². The maximum atomic E-state index is 12.5. The molecule has 0 fully saturated rings. The lowest BCUT2D eigenvalue weighted by Gasteiger charge is -2.23. The fourth-order valence-corrected chi connectivity index (χ4v) is 3.07. The molecule has 0 saturated carbocycles. The van der Waals surface area contributed by atoms with Gasteiger partial charge < -0.3 is 15.1 Å². The maximum Gasteiger partial charge on any atom is 0.245 e. The zero-order valence-corrected chi connectivity index (χ0v) is 16.6. The maximum absolute atomic E-state index is 12.5. The largest absolute Gasteiger partial charge is 0.333 e. The Morgan fingerprint density at radius 1 is 1.12 bits per heavy atom. The van der Waals surface area contributed by atoms with Gasteiger partial charge >= 0.3 is 0 Å². The second-order valence-electron chi connectivity index (χ2n) is 6.52. The summed E-state index contributed by atoms with van der Waals surface area (Å²) >= 11 is 1.38. The molecular weight excluding hydrogens is 336 g/mol. The van der Waals surface area contributed by atoms with Gasteiger partial charge in [-0.3, -0.25) is 9.59 Å². The summed E-state index contributed by atoms with van der Waals surface area (Å²) in [5.74, 6) is -0.108. The molecule has 0 unspecified atom stereocenters. The number of thiazole rings is 1. The summed E-state index contributed by atoms with van der Waals surface area (Å²) in [6.07, 6.45) is 8.60. The Balaban J connectivity index is 2.46. The van der Waals surface area contributed by atoms with Crippen LogP contribution in [0.25, 0.3) is 0 Å². The number of anilines is 1. The second-order valence-corrected chi connectivity index (χ2v) is 7.42. The fourth-order valence-electron chi connectivity index (χ4n) is 2.52. The minimum Gasteiger partial charge on any atom is -0.333 e. The minimum absolute atomic E-state index is 0.0737. The SMILES string of the molecule is CCCCCCCC(=O)N(CCCN(C)C)CC(=O)Nc1nccs1. The lowest BCUT2D eigenvalue weighted by atomic mass is 10.1. The van der Waals surface area contributed by atoms with Crippen molar-refractivity contribution in [2.45, 2.75) is 51.9 Å². The van der Waals surface area contributed by atoms with Crippen LogP contribution < -0.4 is 5.32 Å². The molecule has 142 valence electrons. The smallest absolute Gasteiger partial charge is 0.245 e. The average Bonchev–Trinajstić information content (AvgIpc) is 3.06. The van der Waals surface area contributed by atoms with Crippen LogP contribution in [0, 0.1) is 0 Å². The third kappa shape index (κ3) is 10.2. The van der Waals surface area contributed by atoms with Gasteiger partial charge in [0.15, 0.2) is 5.13 Å². The van der Waals surface area contributed by atoms with Crippen molar-refractivity contribution >= 4 is 28.3 Å². The van der Waals surface area contributed by atoms with E-state index in [0.29, 0.717) is 18.1 Å². The van der Waals surface area contributed by atoms with E-state index in [-0.39, 0.29) is 18.4 Å². The Kier molecular flexibility index (Phi) is 11.1. The standard InChI is InChI=1S/C18H32N4O2S/c1-4-5-6-7-8-10-17(24)22(13-9-12-21(2)3)15-16(23)20-18-19-11-14-25-18/h11,14H,4-10,12-13,15H2,1-3H3,(H,19,20,23). The van der Waals surface area contributed by atoms with E-state index in [1.165, 1.54) is 30.6 Å². The van der Waals surface area contributed by atoms with E-state index in [1.807, 2.05) is 19.5 Å². The molecule has 0 aliphatic rings. The van der Waals surface area contributed by atoms with Crippen LogP contribution in [0.2, 0.25) is 0 Å². The van der Waals surface area contributed by atoms with Crippen molar-refractivity contribution in [1.29, 1.82) is 0 Å². The molecule has 1 aromatic rings. The third-order valence-corrected chi connectivity index (χ3v) is 4.58. The quantitative estimate of drug-likeness (QED) is 0.543. The predicted molar refractivity (Wildman–Crippen MR) is 104 cm³/mol. The van der Waals surface area contributed by atoms with Crippen molar-refractivity contribution in [1.82, 2.24) is 14.8 Å². The molecule has 7 heteroatoms. The molecule has 0 aliphatic carbocycles. The zero-order chi connectivity index (χ0) is 18.5. The second kappa shape index (κ2) is 12.8. The van der Waals surface area contributed by atoms with Crippen molar-refractivity contribution in [3.63, 3.8) is 0 Å². The average molecular weight is 369 g/mol. The van der Waals surface area contributed by atoms with E-state index in [1.54, 1.807) is 11.1 Å². The first kappa shape index (κ1) is 21.6. The first-order valence-corrected chi connectivity index (χ1v) is 10.0. The number of aromatic nitrogens is 1. The molecule has 1 N–H and O–H groups in total. The summed E-state index contributed by atoms with van der Waals surface area (Å²) in [6, 6.07) is 0. The van der Waals surface area contributed by atoms with Gasteiger partial charge in [-0.2, -0.15) is 0 Å². The van der Waals surface area contributed by atoms with Gasteiger partial charge in [0.1, 0.15) is 0 Å². The monoisotopic (exact) mass is 368 g/mol. The molecule has 2 amide bonds. The number of carbonyl (C=O) groups is 2. The Labute approximate surface area is 155 Å². The molecule has 0 spiro atoms. The molecule has 0 atom stereocenters. The summed E-state index contributed by atoms with van der Waals surface area (Å²) in [5, 5.41) is 5.14. The number of hydrogen-bond acceptors (Lipinski definition) is 5. The Morgan fingerprint density at radius 3 is 2.52 bits per heavy atom. The van der Waals surface area contributed by atoms with Crippen LogP contribution >= 0.6 is 11.3 Å². The first-order chi connectivity index (χ1) is 12.0. The lowest BCUT2D eigenvalue weighted by Crippen LogP contribution is -2.39. The number of nitrogens with zero attached hydrogens (tertiary/aromatic N) is 3. The van der Waals surface area contributed by atoms with Crippen molar-refractivity contribution in [3.05, 3.63) is 11.6 Å². The highest BCUT2D eigenvalue weighted by molar-refractivity contribution is 7.13. The van der Waals surface area contributed by atoms with Crippen LogP contribution in [0.15, 0.2) is 11.6 Å². The van der Waals surface area contributed by atoms with Crippen LogP contribution in [0.3, 0.4) is 0 Å². The molecule has 1 aromatic heterocycles. The number of carbonyl (C=O) groups excluding carboxylic acids is 2. The van der Waals surface area contributed by atoms with Crippen LogP contribution in [0.5, 0.6) is 0 Å². The van der Waals surface area contributed by atoms with Gasteiger partial charge in [0.05, 0.1) is 6.54 Å². The van der Waals surface area contributed by atoms with E-state index in [2.05, 4.69) is 22.1 Å². The Bertz CT molecular complexity index is 491.